The zero-order chi connectivity index (χ0) is 15.4. The lowest BCUT2D eigenvalue weighted by molar-refractivity contribution is -0.157. The summed E-state index contributed by atoms with van der Waals surface area (Å²) < 4.78 is 5.73. The van der Waals surface area contributed by atoms with Crippen molar-refractivity contribution in [1.82, 2.24) is 9.88 Å². The summed E-state index contributed by atoms with van der Waals surface area (Å²) in [6.07, 6.45) is 2.92. The first-order valence-electron chi connectivity index (χ1n) is 7.66. The summed E-state index contributed by atoms with van der Waals surface area (Å²) in [7, 11) is 0. The molecule has 1 spiro atoms. The van der Waals surface area contributed by atoms with Gasteiger partial charge in [-0.3, -0.25) is 4.79 Å². The van der Waals surface area contributed by atoms with Gasteiger partial charge in [-0.15, -0.1) is 0 Å². The Morgan fingerprint density at radius 2 is 2.18 bits per heavy atom. The van der Waals surface area contributed by atoms with Crippen LogP contribution >= 0.6 is 0 Å². The number of H-pyrrole nitrogens is 1. The van der Waals surface area contributed by atoms with Gasteiger partial charge in [0.15, 0.2) is 0 Å². The van der Waals surface area contributed by atoms with E-state index in [9.17, 15) is 9.90 Å². The van der Waals surface area contributed by atoms with Gasteiger partial charge in [-0.25, -0.2) is 0 Å². The van der Waals surface area contributed by atoms with Gasteiger partial charge in [-0.1, -0.05) is 18.2 Å². The Balaban J connectivity index is 1.42. The molecule has 2 aliphatic heterocycles. The summed E-state index contributed by atoms with van der Waals surface area (Å²) in [5, 5.41) is 11.1. The molecule has 1 unspecified atom stereocenters. The van der Waals surface area contributed by atoms with Gasteiger partial charge in [0, 0.05) is 23.5 Å². The minimum atomic E-state index is -0.758. The zero-order valence-corrected chi connectivity index (χ0v) is 12.6. The fourth-order valence-electron chi connectivity index (χ4n) is 3.69. The van der Waals surface area contributed by atoms with Gasteiger partial charge >= 0.3 is 0 Å². The second-order valence-electron chi connectivity index (χ2n) is 6.93. The highest BCUT2D eigenvalue weighted by Gasteiger charge is 2.54. The van der Waals surface area contributed by atoms with Gasteiger partial charge < -0.3 is 19.7 Å². The van der Waals surface area contributed by atoms with Crippen LogP contribution in [-0.2, 0) is 16.0 Å². The number of amides is 1. The number of carbonyl (C=O) groups is 1. The van der Waals surface area contributed by atoms with Crippen LogP contribution in [0.5, 0.6) is 0 Å². The third kappa shape index (κ3) is 2.21. The lowest BCUT2D eigenvalue weighted by Gasteiger charge is -2.47. The number of aliphatic hydroxyl groups is 1. The molecule has 1 atom stereocenters. The van der Waals surface area contributed by atoms with E-state index in [2.05, 4.69) is 4.98 Å². The second-order valence-corrected chi connectivity index (χ2v) is 6.93. The molecule has 0 radical (unpaired) electrons. The first-order chi connectivity index (χ1) is 10.5. The maximum Gasteiger partial charge on any atom is 0.227 e. The molecule has 1 aromatic heterocycles. The van der Waals surface area contributed by atoms with E-state index in [0.29, 0.717) is 32.5 Å². The van der Waals surface area contributed by atoms with Crippen LogP contribution < -0.4 is 0 Å². The molecule has 4 rings (SSSR count). The first-order valence-corrected chi connectivity index (χ1v) is 7.66. The lowest BCUT2D eigenvalue weighted by Crippen LogP contribution is -2.63. The van der Waals surface area contributed by atoms with Crippen LogP contribution in [0.2, 0.25) is 0 Å². The Morgan fingerprint density at radius 3 is 2.91 bits per heavy atom. The van der Waals surface area contributed by atoms with Crippen molar-refractivity contribution in [1.29, 1.82) is 0 Å². The van der Waals surface area contributed by atoms with E-state index in [1.54, 1.807) is 6.92 Å². The number of aromatic nitrogens is 1. The first kappa shape index (κ1) is 13.8. The predicted octanol–water partition coefficient (Wildman–Crippen LogP) is 1.46. The van der Waals surface area contributed by atoms with Gasteiger partial charge in [0.05, 0.1) is 31.7 Å². The monoisotopic (exact) mass is 300 g/mol. The summed E-state index contributed by atoms with van der Waals surface area (Å²) in [5.41, 5.74) is 1.01. The molecule has 2 saturated heterocycles. The number of hydrogen-bond acceptors (Lipinski definition) is 3. The molecule has 22 heavy (non-hydrogen) atoms. The molecule has 0 bridgehead atoms. The fourth-order valence-corrected chi connectivity index (χ4v) is 3.69. The van der Waals surface area contributed by atoms with Crippen molar-refractivity contribution in [2.24, 2.45) is 0 Å². The van der Waals surface area contributed by atoms with Crippen molar-refractivity contribution in [3.05, 3.63) is 36.0 Å². The minimum absolute atomic E-state index is 0.116. The maximum atomic E-state index is 12.4. The molecule has 116 valence electrons. The van der Waals surface area contributed by atoms with Crippen molar-refractivity contribution in [2.45, 2.75) is 31.0 Å². The number of nitrogens with one attached hydrogen (secondary N) is 1. The predicted molar refractivity (Wildman–Crippen MR) is 82.5 cm³/mol. The van der Waals surface area contributed by atoms with E-state index < -0.39 is 5.60 Å². The molecule has 0 aliphatic carbocycles. The van der Waals surface area contributed by atoms with Crippen LogP contribution in [0.25, 0.3) is 10.9 Å². The molecule has 1 amide bonds. The Morgan fingerprint density at radius 1 is 1.41 bits per heavy atom. The van der Waals surface area contributed by atoms with Crippen molar-refractivity contribution in [3.8, 4) is 0 Å². The third-order valence-corrected chi connectivity index (χ3v) is 4.72. The minimum Gasteiger partial charge on any atom is -0.388 e. The summed E-state index contributed by atoms with van der Waals surface area (Å²) in [6, 6.07) is 8.00. The summed E-state index contributed by atoms with van der Waals surface area (Å²) in [5.74, 6) is 0.116. The third-order valence-electron chi connectivity index (χ3n) is 4.72. The molecular weight excluding hydrogens is 280 g/mol. The van der Waals surface area contributed by atoms with Crippen LogP contribution in [0.1, 0.15) is 18.9 Å². The van der Waals surface area contributed by atoms with Gasteiger partial charge in [0.2, 0.25) is 5.91 Å². The lowest BCUT2D eigenvalue weighted by atomic mass is 9.85. The molecule has 5 heteroatoms. The second kappa shape index (κ2) is 4.57. The number of ether oxygens (including phenoxy) is 1. The highest BCUT2D eigenvalue weighted by atomic mass is 16.5. The van der Waals surface area contributed by atoms with Crippen LogP contribution in [0.4, 0.5) is 0 Å². The van der Waals surface area contributed by atoms with Gasteiger partial charge in [0.1, 0.15) is 5.60 Å². The summed E-state index contributed by atoms with van der Waals surface area (Å²) >= 11 is 0. The topological polar surface area (TPSA) is 65.6 Å². The normalized spacial score (nSPS) is 26.5. The fraction of sp³-hybridized carbons (Fsp3) is 0.471. The van der Waals surface area contributed by atoms with Crippen molar-refractivity contribution in [3.63, 3.8) is 0 Å². The number of rotatable bonds is 2. The van der Waals surface area contributed by atoms with Crippen LogP contribution in [-0.4, -0.2) is 51.8 Å². The highest BCUT2D eigenvalue weighted by molar-refractivity contribution is 5.89. The number of aromatic amines is 1. The number of benzene rings is 1. The average molecular weight is 300 g/mol. The maximum absolute atomic E-state index is 12.4. The van der Waals surface area contributed by atoms with E-state index in [1.807, 2.05) is 35.4 Å². The van der Waals surface area contributed by atoms with Crippen LogP contribution in [0.3, 0.4) is 0 Å². The van der Waals surface area contributed by atoms with E-state index in [1.165, 1.54) is 0 Å². The summed E-state index contributed by atoms with van der Waals surface area (Å²) in [6.45, 7) is 3.32. The molecule has 2 aliphatic rings. The van der Waals surface area contributed by atoms with Crippen molar-refractivity contribution < 1.29 is 14.6 Å². The number of carbonyl (C=O) groups excluding carboxylic acids is 1. The number of hydrogen-bond donors (Lipinski definition) is 2. The number of para-hydroxylation sites is 1. The quantitative estimate of drug-likeness (QED) is 0.882. The largest absolute Gasteiger partial charge is 0.388 e. The van der Waals surface area contributed by atoms with Crippen LogP contribution in [0.15, 0.2) is 30.5 Å². The molecule has 2 aromatic rings. The Kier molecular flexibility index (Phi) is 2.86. The number of likely N-dealkylation sites (tertiary alicyclic amines) is 1. The average Bonchev–Trinajstić information content (AvgIpc) is 2.99. The summed E-state index contributed by atoms with van der Waals surface area (Å²) in [4.78, 5) is 17.5. The van der Waals surface area contributed by atoms with E-state index >= 15 is 0 Å². The Bertz CT molecular complexity index is 728. The molecule has 0 saturated carbocycles. The molecule has 1 aromatic carbocycles. The Labute approximate surface area is 128 Å². The van der Waals surface area contributed by atoms with Crippen molar-refractivity contribution >= 4 is 16.8 Å². The van der Waals surface area contributed by atoms with E-state index in [-0.39, 0.29) is 11.5 Å². The highest BCUT2D eigenvalue weighted by Crippen LogP contribution is 2.39. The molecule has 5 nitrogen and oxygen atoms in total. The number of fused-ring (bicyclic) bond motifs is 1. The van der Waals surface area contributed by atoms with E-state index in [4.69, 9.17) is 4.74 Å². The van der Waals surface area contributed by atoms with Crippen molar-refractivity contribution in [2.75, 3.05) is 19.7 Å². The van der Waals surface area contributed by atoms with Gasteiger partial charge in [0.25, 0.3) is 0 Å². The molecule has 3 heterocycles. The zero-order valence-electron chi connectivity index (χ0n) is 12.6. The van der Waals surface area contributed by atoms with Gasteiger partial charge in [-0.2, -0.15) is 0 Å². The molecule has 2 fully saturated rings. The molecule has 2 N–H and O–H groups in total. The Hall–Kier alpha value is -1.85. The van der Waals surface area contributed by atoms with E-state index in [0.717, 1.165) is 16.5 Å². The molecular formula is C17H20N2O3. The SMILES string of the molecule is CC1(O)COC2(CN(C(=O)Cc3c[nH]c4ccccc34)C2)C1. The standard InChI is InChI=1S/C17H20N2O3/c1-16(21)8-17(22-11-16)9-19(10-17)15(20)6-12-7-18-14-5-3-2-4-13(12)14/h2-5,7,18,21H,6,8-11H2,1H3. The van der Waals surface area contributed by atoms with Crippen LogP contribution in [0, 0.1) is 0 Å². The number of nitrogens with zero attached hydrogens (tertiary/aromatic N) is 1. The van der Waals surface area contributed by atoms with Gasteiger partial charge in [-0.05, 0) is 18.6 Å². The smallest absolute Gasteiger partial charge is 0.227 e.